The van der Waals surface area contributed by atoms with Crippen molar-refractivity contribution in [3.63, 3.8) is 0 Å². The summed E-state index contributed by atoms with van der Waals surface area (Å²) in [6.45, 7) is 6.92. The predicted molar refractivity (Wildman–Crippen MR) is 28.3 cm³/mol. The summed E-state index contributed by atoms with van der Waals surface area (Å²) < 4.78 is 0. The van der Waals surface area contributed by atoms with Gasteiger partial charge in [0.1, 0.15) is 0 Å². The van der Waals surface area contributed by atoms with Gasteiger partial charge < -0.3 is 0 Å². The molecule has 0 bridgehead atoms. The van der Waals surface area contributed by atoms with Crippen LogP contribution in [0.2, 0.25) is 0 Å². The number of hydrogen-bond acceptors (Lipinski definition) is 1. The third-order valence-corrected chi connectivity index (χ3v) is 0.483. The first-order chi connectivity index (χ1) is 2.27. The summed E-state index contributed by atoms with van der Waals surface area (Å²) in [6, 6.07) is 0. The molecule has 1 radical (unpaired) electrons. The lowest BCUT2D eigenvalue weighted by Gasteiger charge is -1.83. The fraction of sp³-hybridized carbons (Fsp3) is 0.250. The maximum Gasteiger partial charge on any atom is 0.0194 e. The summed E-state index contributed by atoms with van der Waals surface area (Å²) in [7, 11) is 0. The average molecular weight is 87.2 g/mol. The van der Waals surface area contributed by atoms with E-state index >= 15 is 0 Å². The lowest BCUT2D eigenvalue weighted by Crippen LogP contribution is -1.76. The van der Waals surface area contributed by atoms with Gasteiger partial charge in [-0.3, -0.25) is 0 Å². The van der Waals surface area contributed by atoms with Gasteiger partial charge in [0.15, 0.2) is 0 Å². The van der Waals surface area contributed by atoms with Gasteiger partial charge in [-0.2, -0.15) is 12.6 Å². The lowest BCUT2D eigenvalue weighted by molar-refractivity contribution is 1.46. The van der Waals surface area contributed by atoms with Gasteiger partial charge in [-0.25, -0.2) is 0 Å². The van der Waals surface area contributed by atoms with Crippen molar-refractivity contribution in [3.05, 3.63) is 19.6 Å². The molecule has 0 aromatic carbocycles. The lowest BCUT2D eigenvalue weighted by atomic mass is 10.5. The van der Waals surface area contributed by atoms with Gasteiger partial charge in [0.05, 0.1) is 0 Å². The average Bonchev–Trinajstić information content (AvgIpc) is 1.38. The topological polar surface area (TPSA) is 0 Å². The molecule has 29 valence electrons. The van der Waals surface area contributed by atoms with Crippen LogP contribution in [0.1, 0.15) is 0 Å². The minimum absolute atomic E-state index is 0.0926. The van der Waals surface area contributed by atoms with Crippen molar-refractivity contribution >= 4 is 12.6 Å². The van der Waals surface area contributed by atoms with Crippen LogP contribution in [0.25, 0.3) is 0 Å². The molecule has 0 amide bonds. The fourth-order valence-corrected chi connectivity index (χ4v) is 0. The maximum atomic E-state index is 3.87. The van der Waals surface area contributed by atoms with Gasteiger partial charge in [0.2, 0.25) is 0 Å². The van der Waals surface area contributed by atoms with E-state index in [9.17, 15) is 0 Å². The van der Waals surface area contributed by atoms with Crippen LogP contribution in [-0.2, 0) is 0 Å². The molecule has 0 aromatic heterocycles. The van der Waals surface area contributed by atoms with Crippen LogP contribution in [0.5, 0.6) is 0 Å². The van der Waals surface area contributed by atoms with Gasteiger partial charge in [-0.1, -0.05) is 6.08 Å². The molecular formula is C4H7S. The predicted octanol–water partition coefficient (Wildman–Crippen LogP) is 1.30. The fourth-order valence-electron chi connectivity index (χ4n) is 0. The highest BCUT2D eigenvalue weighted by Crippen LogP contribution is 1.87. The highest BCUT2D eigenvalue weighted by molar-refractivity contribution is 7.81. The van der Waals surface area contributed by atoms with Crippen LogP contribution in [0.15, 0.2) is 12.7 Å². The van der Waals surface area contributed by atoms with E-state index in [1.54, 1.807) is 6.08 Å². The van der Waals surface area contributed by atoms with Crippen molar-refractivity contribution in [2.45, 2.75) is 5.25 Å². The molecule has 1 heteroatoms. The Hall–Kier alpha value is 0.0900. The highest BCUT2D eigenvalue weighted by Gasteiger charge is 1.75. The first-order valence-electron chi connectivity index (χ1n) is 1.41. The summed E-state index contributed by atoms with van der Waals surface area (Å²) >= 11 is 3.87. The second-order valence-electron chi connectivity index (χ2n) is 0.803. The van der Waals surface area contributed by atoms with Gasteiger partial charge in [0.25, 0.3) is 0 Å². The van der Waals surface area contributed by atoms with E-state index in [0.717, 1.165) is 0 Å². The Labute approximate surface area is 38.3 Å². The van der Waals surface area contributed by atoms with Crippen LogP contribution in [0.3, 0.4) is 0 Å². The molecule has 1 unspecified atom stereocenters. The summed E-state index contributed by atoms with van der Waals surface area (Å²) in [5, 5.41) is 0.0926. The van der Waals surface area contributed by atoms with Crippen molar-refractivity contribution in [3.8, 4) is 0 Å². The van der Waals surface area contributed by atoms with Gasteiger partial charge in [-0.05, 0) is 6.92 Å². The molecule has 0 aliphatic heterocycles. The molecule has 0 spiro atoms. The SMILES string of the molecule is [CH2]C(S)C=C. The Balaban J connectivity index is 2.83. The Bertz CT molecular complexity index is 30.6. The smallest absolute Gasteiger partial charge is 0.0194 e. The largest absolute Gasteiger partial charge is 0.172 e. The molecular weight excluding hydrogens is 80.1 g/mol. The van der Waals surface area contributed by atoms with Gasteiger partial charge >= 0.3 is 0 Å². The Morgan fingerprint density at radius 1 is 1.80 bits per heavy atom. The molecule has 0 rings (SSSR count). The molecule has 0 aliphatic rings. The number of thiol groups is 1. The van der Waals surface area contributed by atoms with Crippen LogP contribution >= 0.6 is 12.6 Å². The Kier molecular flexibility index (Phi) is 2.38. The van der Waals surface area contributed by atoms with E-state index in [1.807, 2.05) is 0 Å². The standard InChI is InChI=1S/C4H7S/c1-3-4(2)5/h3-5H,1-2H2. The first kappa shape index (κ1) is 5.09. The molecule has 0 fully saturated rings. The zero-order valence-electron chi connectivity index (χ0n) is 3.02. The Morgan fingerprint density at radius 3 is 2.00 bits per heavy atom. The van der Waals surface area contributed by atoms with E-state index in [-0.39, 0.29) is 5.25 Å². The summed E-state index contributed by atoms with van der Waals surface area (Å²) in [4.78, 5) is 0. The molecule has 0 saturated heterocycles. The third-order valence-electron chi connectivity index (χ3n) is 0.272. The van der Waals surface area contributed by atoms with Crippen LogP contribution in [0.4, 0.5) is 0 Å². The summed E-state index contributed by atoms with van der Waals surface area (Å²) in [5.41, 5.74) is 0. The van der Waals surface area contributed by atoms with E-state index in [0.29, 0.717) is 0 Å². The van der Waals surface area contributed by atoms with E-state index < -0.39 is 0 Å². The molecule has 1 atom stereocenters. The molecule has 5 heavy (non-hydrogen) atoms. The van der Waals surface area contributed by atoms with Gasteiger partial charge in [-0.15, -0.1) is 6.58 Å². The number of rotatable bonds is 1. The quantitative estimate of drug-likeness (QED) is 0.362. The summed E-state index contributed by atoms with van der Waals surface area (Å²) in [6.07, 6.45) is 1.67. The molecule has 0 aromatic rings. The highest BCUT2D eigenvalue weighted by atomic mass is 32.1. The van der Waals surface area contributed by atoms with Crippen molar-refractivity contribution in [1.29, 1.82) is 0 Å². The van der Waals surface area contributed by atoms with Crippen LogP contribution in [-0.4, -0.2) is 5.25 Å². The maximum absolute atomic E-state index is 3.87. The minimum Gasteiger partial charge on any atom is -0.172 e. The zero-order chi connectivity index (χ0) is 4.28. The monoisotopic (exact) mass is 87.0 g/mol. The second kappa shape index (κ2) is 2.33. The van der Waals surface area contributed by atoms with Crippen molar-refractivity contribution in [2.75, 3.05) is 0 Å². The minimum atomic E-state index is 0.0926. The van der Waals surface area contributed by atoms with E-state index in [1.165, 1.54) is 0 Å². The second-order valence-corrected chi connectivity index (χ2v) is 1.47. The van der Waals surface area contributed by atoms with Crippen molar-refractivity contribution in [2.24, 2.45) is 0 Å². The molecule has 0 heterocycles. The zero-order valence-corrected chi connectivity index (χ0v) is 3.91. The molecule has 0 saturated carbocycles. The Morgan fingerprint density at radius 2 is 2.00 bits per heavy atom. The number of hydrogen-bond donors (Lipinski definition) is 1. The van der Waals surface area contributed by atoms with Crippen LogP contribution < -0.4 is 0 Å². The van der Waals surface area contributed by atoms with E-state index in [4.69, 9.17) is 0 Å². The van der Waals surface area contributed by atoms with E-state index in [2.05, 4.69) is 26.1 Å². The normalized spacial score (nSPS) is 14.0. The van der Waals surface area contributed by atoms with Crippen molar-refractivity contribution < 1.29 is 0 Å². The van der Waals surface area contributed by atoms with Crippen LogP contribution in [0, 0.1) is 6.92 Å². The van der Waals surface area contributed by atoms with Gasteiger partial charge in [0, 0.05) is 5.25 Å². The molecule has 0 N–H and O–H groups in total. The third kappa shape index (κ3) is 4.09. The first-order valence-corrected chi connectivity index (χ1v) is 1.92. The van der Waals surface area contributed by atoms with Crippen molar-refractivity contribution in [1.82, 2.24) is 0 Å². The summed E-state index contributed by atoms with van der Waals surface area (Å²) in [5.74, 6) is 0. The molecule has 0 nitrogen and oxygen atoms in total. The molecule has 0 aliphatic carbocycles.